The summed E-state index contributed by atoms with van der Waals surface area (Å²) in [6.45, 7) is 3.00. The summed E-state index contributed by atoms with van der Waals surface area (Å²) in [5.74, 6) is 1.57. The first-order chi connectivity index (χ1) is 8.69. The Labute approximate surface area is 110 Å². The molecule has 2 bridgehead atoms. The zero-order valence-electron chi connectivity index (χ0n) is 11.3. The third kappa shape index (κ3) is 1.21. The van der Waals surface area contributed by atoms with Crippen molar-refractivity contribution in [1.29, 1.82) is 0 Å². The maximum atomic E-state index is 11.5. The molecule has 3 heteroatoms. The first-order valence-electron chi connectivity index (χ1n) is 7.86. The first-order valence-corrected chi connectivity index (χ1v) is 7.86. The van der Waals surface area contributed by atoms with E-state index in [9.17, 15) is 5.11 Å². The van der Waals surface area contributed by atoms with Crippen molar-refractivity contribution < 1.29 is 5.11 Å². The molecular formula is C15H26N2O. The van der Waals surface area contributed by atoms with Crippen molar-refractivity contribution in [1.82, 2.24) is 4.90 Å². The highest BCUT2D eigenvalue weighted by atomic mass is 16.3. The van der Waals surface area contributed by atoms with E-state index in [1.807, 2.05) is 0 Å². The van der Waals surface area contributed by atoms with Gasteiger partial charge in [-0.1, -0.05) is 6.42 Å². The van der Waals surface area contributed by atoms with Gasteiger partial charge >= 0.3 is 0 Å². The molecule has 2 saturated carbocycles. The number of aliphatic hydroxyl groups is 1. The largest absolute Gasteiger partial charge is 0.388 e. The second kappa shape index (κ2) is 3.71. The maximum absolute atomic E-state index is 11.5. The molecule has 2 aliphatic heterocycles. The Hall–Kier alpha value is -0.120. The molecule has 0 aromatic carbocycles. The van der Waals surface area contributed by atoms with Crippen molar-refractivity contribution in [2.75, 3.05) is 19.6 Å². The molecule has 0 aromatic heterocycles. The molecule has 3 N–H and O–H groups in total. The smallest absolute Gasteiger partial charge is 0.0884 e. The van der Waals surface area contributed by atoms with Crippen molar-refractivity contribution in [2.24, 2.45) is 23.0 Å². The fraction of sp³-hybridized carbons (Fsp3) is 1.00. The van der Waals surface area contributed by atoms with E-state index in [2.05, 4.69) is 4.90 Å². The van der Waals surface area contributed by atoms with Crippen LogP contribution in [-0.4, -0.2) is 41.3 Å². The van der Waals surface area contributed by atoms with Crippen molar-refractivity contribution in [2.45, 2.75) is 56.6 Å². The SMILES string of the molecule is NCC1(C2(O)CCN3CCCC32)CC2CCC1C2. The Bertz CT molecular complexity index is 360. The highest BCUT2D eigenvalue weighted by Crippen LogP contribution is 2.63. The molecule has 4 rings (SSSR count). The summed E-state index contributed by atoms with van der Waals surface area (Å²) in [6, 6.07) is 0.417. The average Bonchev–Trinajstić information content (AvgIpc) is 3.10. The van der Waals surface area contributed by atoms with E-state index < -0.39 is 5.60 Å². The lowest BCUT2D eigenvalue weighted by Gasteiger charge is -2.50. The average molecular weight is 250 g/mol. The molecule has 0 aromatic rings. The Morgan fingerprint density at radius 1 is 1.22 bits per heavy atom. The zero-order chi connectivity index (χ0) is 12.4. The first kappa shape index (κ1) is 11.7. The molecule has 2 heterocycles. The number of hydrogen-bond acceptors (Lipinski definition) is 3. The Morgan fingerprint density at radius 2 is 2.11 bits per heavy atom. The van der Waals surface area contributed by atoms with E-state index in [1.165, 1.54) is 45.1 Å². The van der Waals surface area contributed by atoms with E-state index in [4.69, 9.17) is 5.73 Å². The van der Waals surface area contributed by atoms with Gasteiger partial charge in [-0.3, -0.25) is 4.90 Å². The molecule has 5 unspecified atom stereocenters. The van der Waals surface area contributed by atoms with E-state index in [1.54, 1.807) is 0 Å². The second-order valence-electron chi connectivity index (χ2n) is 7.31. The topological polar surface area (TPSA) is 49.5 Å². The van der Waals surface area contributed by atoms with Gasteiger partial charge < -0.3 is 10.8 Å². The van der Waals surface area contributed by atoms with Gasteiger partial charge in [0.05, 0.1) is 5.60 Å². The summed E-state index contributed by atoms with van der Waals surface area (Å²) in [7, 11) is 0. The van der Waals surface area contributed by atoms with Crippen LogP contribution in [0.25, 0.3) is 0 Å². The molecule has 0 radical (unpaired) electrons. The van der Waals surface area contributed by atoms with Crippen LogP contribution in [0.2, 0.25) is 0 Å². The van der Waals surface area contributed by atoms with Crippen LogP contribution in [0.1, 0.15) is 44.9 Å². The standard InChI is InChI=1S/C15H26N2O/c16-10-14(9-11-3-4-12(14)8-11)15(18)5-7-17-6-1-2-13(15)17/h11-13,18H,1-10,16H2. The fourth-order valence-corrected chi connectivity index (χ4v) is 6.10. The van der Waals surface area contributed by atoms with Gasteiger partial charge in [-0.2, -0.15) is 0 Å². The summed E-state index contributed by atoms with van der Waals surface area (Å²) in [6.07, 6.45) is 8.67. The number of nitrogens with zero attached hydrogens (tertiary/aromatic N) is 1. The minimum atomic E-state index is -0.474. The van der Waals surface area contributed by atoms with Gasteiger partial charge in [0.25, 0.3) is 0 Å². The molecule has 0 amide bonds. The quantitative estimate of drug-likeness (QED) is 0.778. The van der Waals surface area contributed by atoms with Crippen molar-refractivity contribution in [3.05, 3.63) is 0 Å². The number of nitrogens with two attached hydrogens (primary N) is 1. The van der Waals surface area contributed by atoms with Gasteiger partial charge in [0.1, 0.15) is 0 Å². The molecule has 4 fully saturated rings. The van der Waals surface area contributed by atoms with Gasteiger partial charge in [0.15, 0.2) is 0 Å². The van der Waals surface area contributed by atoms with Gasteiger partial charge in [0.2, 0.25) is 0 Å². The molecule has 5 atom stereocenters. The third-order valence-corrected chi connectivity index (χ3v) is 6.90. The summed E-state index contributed by atoms with van der Waals surface area (Å²) >= 11 is 0. The summed E-state index contributed by atoms with van der Waals surface area (Å²) in [5.41, 5.74) is 5.81. The predicted octanol–water partition coefficient (Wildman–Crippen LogP) is 1.35. The van der Waals surface area contributed by atoms with Crippen LogP contribution in [-0.2, 0) is 0 Å². The van der Waals surface area contributed by atoms with Crippen molar-refractivity contribution >= 4 is 0 Å². The fourth-order valence-electron chi connectivity index (χ4n) is 6.10. The van der Waals surface area contributed by atoms with E-state index >= 15 is 0 Å². The van der Waals surface area contributed by atoms with Crippen LogP contribution in [0, 0.1) is 17.3 Å². The Morgan fingerprint density at radius 3 is 2.78 bits per heavy atom. The number of hydrogen-bond donors (Lipinski definition) is 2. The van der Waals surface area contributed by atoms with Gasteiger partial charge in [-0.15, -0.1) is 0 Å². The molecule has 0 spiro atoms. The van der Waals surface area contributed by atoms with Crippen LogP contribution in [0.3, 0.4) is 0 Å². The highest BCUT2D eigenvalue weighted by Gasteiger charge is 2.65. The number of fused-ring (bicyclic) bond motifs is 3. The zero-order valence-corrected chi connectivity index (χ0v) is 11.3. The van der Waals surface area contributed by atoms with Crippen LogP contribution in [0.4, 0.5) is 0 Å². The summed E-state index contributed by atoms with van der Waals surface area (Å²) in [5, 5.41) is 11.5. The minimum Gasteiger partial charge on any atom is -0.388 e. The van der Waals surface area contributed by atoms with Crippen LogP contribution in [0.5, 0.6) is 0 Å². The normalized spacial score (nSPS) is 55.3. The van der Waals surface area contributed by atoms with E-state index in [0.29, 0.717) is 18.5 Å². The molecule has 4 aliphatic rings. The van der Waals surface area contributed by atoms with Crippen LogP contribution < -0.4 is 5.73 Å². The lowest BCUT2D eigenvalue weighted by Crippen LogP contribution is -2.60. The molecular weight excluding hydrogens is 224 g/mol. The van der Waals surface area contributed by atoms with Gasteiger partial charge in [-0.05, 0) is 56.9 Å². The molecule has 3 nitrogen and oxygen atoms in total. The Balaban J connectivity index is 1.72. The molecule has 2 aliphatic carbocycles. The summed E-state index contributed by atoms with van der Waals surface area (Å²) in [4.78, 5) is 2.53. The second-order valence-corrected chi connectivity index (χ2v) is 7.31. The summed E-state index contributed by atoms with van der Waals surface area (Å²) < 4.78 is 0. The van der Waals surface area contributed by atoms with E-state index in [-0.39, 0.29) is 5.41 Å². The maximum Gasteiger partial charge on any atom is 0.0884 e. The Kier molecular flexibility index (Phi) is 2.41. The molecule has 102 valence electrons. The van der Waals surface area contributed by atoms with Crippen LogP contribution >= 0.6 is 0 Å². The lowest BCUT2D eigenvalue weighted by molar-refractivity contribution is -0.123. The van der Waals surface area contributed by atoms with Gasteiger partial charge in [0, 0.05) is 24.5 Å². The van der Waals surface area contributed by atoms with Crippen LogP contribution in [0.15, 0.2) is 0 Å². The van der Waals surface area contributed by atoms with Crippen molar-refractivity contribution in [3.63, 3.8) is 0 Å². The predicted molar refractivity (Wildman–Crippen MR) is 71.1 cm³/mol. The van der Waals surface area contributed by atoms with Crippen molar-refractivity contribution in [3.8, 4) is 0 Å². The van der Waals surface area contributed by atoms with Gasteiger partial charge in [-0.25, -0.2) is 0 Å². The number of rotatable bonds is 2. The monoisotopic (exact) mass is 250 g/mol. The minimum absolute atomic E-state index is 0.0552. The molecule has 2 saturated heterocycles. The van der Waals surface area contributed by atoms with E-state index in [0.717, 1.165) is 18.9 Å². The third-order valence-electron chi connectivity index (χ3n) is 6.90. The highest BCUT2D eigenvalue weighted by molar-refractivity contribution is 5.18. The lowest BCUT2D eigenvalue weighted by atomic mass is 9.59. The molecule has 18 heavy (non-hydrogen) atoms.